The van der Waals surface area contributed by atoms with E-state index in [9.17, 15) is 5.11 Å². The fourth-order valence-corrected chi connectivity index (χ4v) is 1.87. The van der Waals surface area contributed by atoms with Crippen LogP contribution in [0.2, 0.25) is 0 Å². The third-order valence-electron chi connectivity index (χ3n) is 2.72. The first-order valence-corrected chi connectivity index (χ1v) is 6.53. The SMILES string of the molecule is COCC(C)OCC(O)CN(C)Cc1ccc(C)o1. The maximum absolute atomic E-state index is 9.88. The number of ether oxygens (including phenoxy) is 2. The van der Waals surface area contributed by atoms with Gasteiger partial charge in [-0.2, -0.15) is 0 Å². The van der Waals surface area contributed by atoms with Crippen LogP contribution in [-0.4, -0.2) is 56.1 Å². The Hall–Kier alpha value is -0.880. The van der Waals surface area contributed by atoms with E-state index in [0.717, 1.165) is 11.5 Å². The Morgan fingerprint density at radius 2 is 2.11 bits per heavy atom. The zero-order valence-corrected chi connectivity index (χ0v) is 12.3. The van der Waals surface area contributed by atoms with Crippen molar-refractivity contribution in [1.82, 2.24) is 4.90 Å². The molecule has 5 heteroatoms. The van der Waals surface area contributed by atoms with E-state index in [2.05, 4.69) is 0 Å². The van der Waals surface area contributed by atoms with Gasteiger partial charge in [-0.25, -0.2) is 0 Å². The van der Waals surface area contributed by atoms with Gasteiger partial charge in [0.1, 0.15) is 11.5 Å². The molecule has 0 aromatic carbocycles. The summed E-state index contributed by atoms with van der Waals surface area (Å²) in [5, 5.41) is 9.88. The maximum atomic E-state index is 9.88. The van der Waals surface area contributed by atoms with Gasteiger partial charge < -0.3 is 19.0 Å². The Morgan fingerprint density at radius 1 is 1.37 bits per heavy atom. The highest BCUT2D eigenvalue weighted by atomic mass is 16.5. The highest BCUT2D eigenvalue weighted by Gasteiger charge is 2.12. The molecule has 1 N–H and O–H groups in total. The molecule has 0 aliphatic rings. The maximum Gasteiger partial charge on any atom is 0.118 e. The molecular formula is C14H25NO4. The van der Waals surface area contributed by atoms with E-state index in [4.69, 9.17) is 13.9 Å². The highest BCUT2D eigenvalue weighted by Crippen LogP contribution is 2.09. The molecule has 0 radical (unpaired) electrons. The van der Waals surface area contributed by atoms with Crippen LogP contribution in [-0.2, 0) is 16.0 Å². The quantitative estimate of drug-likeness (QED) is 0.736. The average molecular weight is 271 g/mol. The van der Waals surface area contributed by atoms with Crippen molar-refractivity contribution in [2.75, 3.05) is 33.9 Å². The van der Waals surface area contributed by atoms with Gasteiger partial charge in [0.25, 0.3) is 0 Å². The van der Waals surface area contributed by atoms with E-state index in [1.54, 1.807) is 7.11 Å². The number of furan rings is 1. The van der Waals surface area contributed by atoms with E-state index < -0.39 is 6.10 Å². The van der Waals surface area contributed by atoms with Gasteiger partial charge in [-0.05, 0) is 33.0 Å². The first kappa shape index (κ1) is 16.2. The minimum Gasteiger partial charge on any atom is -0.465 e. The predicted octanol–water partition coefficient (Wildman–Crippen LogP) is 1.43. The summed E-state index contributed by atoms with van der Waals surface area (Å²) in [4.78, 5) is 2.01. The zero-order valence-electron chi connectivity index (χ0n) is 12.3. The standard InChI is InChI=1S/C14H25NO4/c1-11-5-6-14(19-11)8-15(3)7-13(16)10-18-12(2)9-17-4/h5-6,12-13,16H,7-10H2,1-4H3. The lowest BCUT2D eigenvalue weighted by Gasteiger charge is -2.21. The van der Waals surface area contributed by atoms with E-state index in [0.29, 0.717) is 26.3 Å². The number of aliphatic hydroxyl groups is 1. The van der Waals surface area contributed by atoms with Crippen LogP contribution in [0.1, 0.15) is 18.4 Å². The molecular weight excluding hydrogens is 246 g/mol. The molecule has 0 saturated carbocycles. The van der Waals surface area contributed by atoms with Crippen molar-refractivity contribution in [2.45, 2.75) is 32.6 Å². The largest absolute Gasteiger partial charge is 0.465 e. The monoisotopic (exact) mass is 271 g/mol. The normalized spacial score (nSPS) is 14.8. The predicted molar refractivity (Wildman–Crippen MR) is 73.1 cm³/mol. The summed E-state index contributed by atoms with van der Waals surface area (Å²) in [6.45, 7) is 5.91. The zero-order chi connectivity index (χ0) is 14.3. The molecule has 1 aromatic rings. The molecule has 0 fully saturated rings. The summed E-state index contributed by atoms with van der Waals surface area (Å²) in [5.41, 5.74) is 0. The summed E-state index contributed by atoms with van der Waals surface area (Å²) >= 11 is 0. The second-order valence-electron chi connectivity index (χ2n) is 4.96. The topological polar surface area (TPSA) is 55.1 Å². The number of hydrogen-bond donors (Lipinski definition) is 1. The Labute approximate surface area is 115 Å². The van der Waals surface area contributed by atoms with Crippen LogP contribution < -0.4 is 0 Å². The van der Waals surface area contributed by atoms with Crippen LogP contribution in [0, 0.1) is 6.92 Å². The average Bonchev–Trinajstić information content (AvgIpc) is 2.72. The molecule has 0 aliphatic heterocycles. The van der Waals surface area contributed by atoms with Gasteiger partial charge in [-0.15, -0.1) is 0 Å². The summed E-state index contributed by atoms with van der Waals surface area (Å²) in [6.07, 6.45) is -0.516. The molecule has 2 unspecified atom stereocenters. The van der Waals surface area contributed by atoms with Crippen LogP contribution in [0.25, 0.3) is 0 Å². The lowest BCUT2D eigenvalue weighted by atomic mass is 10.3. The van der Waals surface area contributed by atoms with Gasteiger partial charge >= 0.3 is 0 Å². The highest BCUT2D eigenvalue weighted by molar-refractivity contribution is 5.05. The summed E-state index contributed by atoms with van der Waals surface area (Å²) in [6, 6.07) is 3.89. The van der Waals surface area contributed by atoms with Crippen molar-refractivity contribution < 1.29 is 19.0 Å². The molecule has 2 atom stereocenters. The molecule has 110 valence electrons. The molecule has 0 saturated heterocycles. The van der Waals surface area contributed by atoms with Crippen LogP contribution in [0.4, 0.5) is 0 Å². The Balaban J connectivity index is 2.22. The molecule has 0 bridgehead atoms. The summed E-state index contributed by atoms with van der Waals surface area (Å²) < 4.78 is 15.9. The molecule has 0 spiro atoms. The molecule has 19 heavy (non-hydrogen) atoms. The molecule has 0 aliphatic carbocycles. The summed E-state index contributed by atoms with van der Waals surface area (Å²) in [7, 11) is 3.58. The minimum absolute atomic E-state index is 0.00215. The number of rotatable bonds is 9. The van der Waals surface area contributed by atoms with Crippen molar-refractivity contribution >= 4 is 0 Å². The van der Waals surface area contributed by atoms with Crippen molar-refractivity contribution in [3.8, 4) is 0 Å². The molecule has 1 heterocycles. The fourth-order valence-electron chi connectivity index (χ4n) is 1.87. The van der Waals surface area contributed by atoms with E-state index in [1.807, 2.05) is 37.9 Å². The second kappa shape index (κ2) is 8.32. The Kier molecular flexibility index (Phi) is 7.09. The number of aliphatic hydroxyl groups excluding tert-OH is 1. The van der Waals surface area contributed by atoms with Crippen LogP contribution in [0.5, 0.6) is 0 Å². The number of methoxy groups -OCH3 is 1. The molecule has 5 nitrogen and oxygen atoms in total. The lowest BCUT2D eigenvalue weighted by molar-refractivity contribution is -0.0388. The molecule has 0 amide bonds. The number of nitrogens with zero attached hydrogens (tertiary/aromatic N) is 1. The van der Waals surface area contributed by atoms with Crippen LogP contribution >= 0.6 is 0 Å². The number of aryl methyl sites for hydroxylation is 1. The van der Waals surface area contributed by atoms with E-state index in [1.165, 1.54) is 0 Å². The first-order valence-electron chi connectivity index (χ1n) is 6.53. The van der Waals surface area contributed by atoms with Crippen molar-refractivity contribution in [3.05, 3.63) is 23.7 Å². The Morgan fingerprint density at radius 3 is 2.68 bits per heavy atom. The first-order chi connectivity index (χ1) is 9.01. The number of hydrogen-bond acceptors (Lipinski definition) is 5. The summed E-state index contributed by atoms with van der Waals surface area (Å²) in [5.74, 6) is 1.81. The van der Waals surface area contributed by atoms with Crippen LogP contribution in [0.15, 0.2) is 16.5 Å². The van der Waals surface area contributed by atoms with Gasteiger partial charge in [0.2, 0.25) is 0 Å². The van der Waals surface area contributed by atoms with Crippen molar-refractivity contribution in [2.24, 2.45) is 0 Å². The molecule has 1 rings (SSSR count). The van der Waals surface area contributed by atoms with Gasteiger partial charge in [0, 0.05) is 13.7 Å². The Bertz CT molecular complexity index is 353. The van der Waals surface area contributed by atoms with Gasteiger partial charge in [-0.1, -0.05) is 0 Å². The van der Waals surface area contributed by atoms with Crippen LogP contribution in [0.3, 0.4) is 0 Å². The lowest BCUT2D eigenvalue weighted by Crippen LogP contribution is -2.33. The van der Waals surface area contributed by atoms with Gasteiger partial charge in [0.15, 0.2) is 0 Å². The third-order valence-corrected chi connectivity index (χ3v) is 2.72. The minimum atomic E-state index is -0.514. The van der Waals surface area contributed by atoms with E-state index >= 15 is 0 Å². The van der Waals surface area contributed by atoms with Gasteiger partial charge in [0.05, 0.1) is 32.0 Å². The second-order valence-corrected chi connectivity index (χ2v) is 4.96. The molecule has 1 aromatic heterocycles. The van der Waals surface area contributed by atoms with Gasteiger partial charge in [-0.3, -0.25) is 4.90 Å². The third kappa shape index (κ3) is 6.73. The smallest absolute Gasteiger partial charge is 0.118 e. The fraction of sp³-hybridized carbons (Fsp3) is 0.714. The van der Waals surface area contributed by atoms with Crippen molar-refractivity contribution in [1.29, 1.82) is 0 Å². The van der Waals surface area contributed by atoms with Crippen molar-refractivity contribution in [3.63, 3.8) is 0 Å². The van der Waals surface area contributed by atoms with E-state index in [-0.39, 0.29) is 6.10 Å². The number of likely N-dealkylation sites (N-methyl/N-ethyl adjacent to an activating group) is 1.